The summed E-state index contributed by atoms with van der Waals surface area (Å²) in [5, 5.41) is 24.7. The fourth-order valence-corrected chi connectivity index (χ4v) is 1.93. The number of hydrogen-bond acceptors (Lipinski definition) is 9. The van der Waals surface area contributed by atoms with Crippen LogP contribution in [0.1, 0.15) is 17.0 Å². The van der Waals surface area contributed by atoms with Crippen LogP contribution in [0, 0.1) is 13.8 Å². The minimum absolute atomic E-state index is 0.295. The number of aryl methyl sites for hydroxylation is 2. The van der Waals surface area contributed by atoms with Gasteiger partial charge in [0.05, 0.1) is 13.7 Å². The van der Waals surface area contributed by atoms with Gasteiger partial charge >= 0.3 is 0 Å². The maximum atomic E-state index is 5.16. The summed E-state index contributed by atoms with van der Waals surface area (Å²) in [7, 11) is 1.62. The maximum absolute atomic E-state index is 5.16. The predicted octanol–water partition coefficient (Wildman–Crippen LogP) is 2.78. The van der Waals surface area contributed by atoms with E-state index in [1.807, 2.05) is 24.3 Å². The monoisotopic (exact) mass is 329 g/mol. The van der Waals surface area contributed by atoms with E-state index in [2.05, 4.69) is 35.6 Å². The first kappa shape index (κ1) is 15.6. The molecule has 0 saturated heterocycles. The van der Waals surface area contributed by atoms with Gasteiger partial charge in [-0.15, -0.1) is 5.11 Å². The molecule has 0 saturated carbocycles. The lowest BCUT2D eigenvalue weighted by Gasteiger charge is -2.14. The molecular weight excluding hydrogens is 314 g/mol. The Balaban J connectivity index is 1.86. The number of methoxy groups -OCH3 is 1. The molecule has 124 valence electrons. The summed E-state index contributed by atoms with van der Waals surface area (Å²) in [5.41, 5.74) is 2.11. The van der Waals surface area contributed by atoms with E-state index in [-0.39, 0.29) is 0 Å². The van der Waals surface area contributed by atoms with Crippen molar-refractivity contribution in [3.8, 4) is 5.75 Å². The molecule has 0 aliphatic carbocycles. The van der Waals surface area contributed by atoms with E-state index in [1.54, 1.807) is 26.0 Å². The van der Waals surface area contributed by atoms with Crippen LogP contribution in [0.3, 0.4) is 0 Å². The highest BCUT2D eigenvalue weighted by molar-refractivity contribution is 5.41. The quantitative estimate of drug-likeness (QED) is 0.501. The number of nitrogens with zero attached hydrogens (tertiary/aromatic N) is 7. The van der Waals surface area contributed by atoms with Gasteiger partial charge in [-0.3, -0.25) is 0 Å². The number of anilines is 1. The highest BCUT2D eigenvalue weighted by atomic mass is 16.6. The van der Waals surface area contributed by atoms with Crippen molar-refractivity contribution in [3.63, 3.8) is 0 Å². The second kappa shape index (κ2) is 6.86. The molecule has 24 heavy (non-hydrogen) atoms. The fourth-order valence-electron chi connectivity index (χ4n) is 1.93. The van der Waals surface area contributed by atoms with Gasteiger partial charge in [0.2, 0.25) is 11.6 Å². The van der Waals surface area contributed by atoms with E-state index < -0.39 is 0 Å². The van der Waals surface area contributed by atoms with Crippen LogP contribution in [0.5, 0.6) is 5.75 Å². The molecule has 0 aliphatic heterocycles. The minimum atomic E-state index is 0.295. The van der Waals surface area contributed by atoms with E-state index in [1.165, 1.54) is 0 Å². The number of rotatable bonds is 6. The number of benzene rings is 1. The SMILES string of the molecule is COc1ccc(CN(N=Nc2nonc2C)c2nonc2C)cc1. The lowest BCUT2D eigenvalue weighted by atomic mass is 10.2. The predicted molar refractivity (Wildman–Crippen MR) is 81.8 cm³/mol. The van der Waals surface area contributed by atoms with Gasteiger partial charge in [-0.1, -0.05) is 27.7 Å². The van der Waals surface area contributed by atoms with Crippen LogP contribution in [-0.4, -0.2) is 27.7 Å². The molecule has 3 aromatic rings. The highest BCUT2D eigenvalue weighted by Gasteiger charge is 2.16. The van der Waals surface area contributed by atoms with Crippen molar-refractivity contribution < 1.29 is 14.0 Å². The number of ether oxygens (including phenoxy) is 1. The lowest BCUT2D eigenvalue weighted by molar-refractivity contribution is 0.304. The van der Waals surface area contributed by atoms with Crippen LogP contribution in [0.4, 0.5) is 11.6 Å². The molecular formula is C14H15N7O3. The van der Waals surface area contributed by atoms with Gasteiger partial charge in [0.25, 0.3) is 0 Å². The van der Waals surface area contributed by atoms with E-state index in [9.17, 15) is 0 Å². The molecule has 1 aromatic carbocycles. The van der Waals surface area contributed by atoms with Crippen LogP contribution in [-0.2, 0) is 6.54 Å². The van der Waals surface area contributed by atoms with Gasteiger partial charge in [-0.25, -0.2) is 14.3 Å². The highest BCUT2D eigenvalue weighted by Crippen LogP contribution is 2.22. The fraction of sp³-hybridized carbons (Fsp3) is 0.286. The third-order valence-corrected chi connectivity index (χ3v) is 3.24. The normalized spacial score (nSPS) is 11.1. The summed E-state index contributed by atoms with van der Waals surface area (Å²) in [4.78, 5) is 0. The van der Waals surface area contributed by atoms with Crippen LogP contribution in [0.15, 0.2) is 43.9 Å². The summed E-state index contributed by atoms with van der Waals surface area (Å²) >= 11 is 0. The van der Waals surface area contributed by atoms with E-state index in [0.717, 1.165) is 11.3 Å². The van der Waals surface area contributed by atoms with Crippen molar-refractivity contribution in [1.82, 2.24) is 20.6 Å². The van der Waals surface area contributed by atoms with E-state index >= 15 is 0 Å². The molecule has 10 nitrogen and oxygen atoms in total. The molecule has 0 N–H and O–H groups in total. The summed E-state index contributed by atoms with van der Waals surface area (Å²) in [5.74, 6) is 1.53. The van der Waals surface area contributed by atoms with Crippen LogP contribution < -0.4 is 9.75 Å². The zero-order chi connectivity index (χ0) is 16.9. The van der Waals surface area contributed by atoms with Crippen molar-refractivity contribution in [2.24, 2.45) is 10.3 Å². The Morgan fingerprint density at radius 1 is 1.00 bits per heavy atom. The van der Waals surface area contributed by atoms with Crippen LogP contribution >= 0.6 is 0 Å². The first-order chi connectivity index (χ1) is 11.7. The van der Waals surface area contributed by atoms with Gasteiger partial charge in [-0.05, 0) is 41.9 Å². The molecule has 0 bridgehead atoms. The largest absolute Gasteiger partial charge is 0.497 e. The Hall–Kier alpha value is -3.30. The minimum Gasteiger partial charge on any atom is -0.497 e. The molecule has 2 aromatic heterocycles. The van der Waals surface area contributed by atoms with Crippen LogP contribution in [0.25, 0.3) is 0 Å². The first-order valence-corrected chi connectivity index (χ1v) is 7.08. The summed E-state index contributed by atoms with van der Waals surface area (Å²) < 4.78 is 14.5. The third kappa shape index (κ3) is 3.37. The Kier molecular flexibility index (Phi) is 4.45. The molecule has 0 radical (unpaired) electrons. The van der Waals surface area contributed by atoms with Crippen molar-refractivity contribution in [1.29, 1.82) is 0 Å². The van der Waals surface area contributed by atoms with Gasteiger partial charge in [0.15, 0.2) is 0 Å². The summed E-state index contributed by atoms with van der Waals surface area (Å²) in [6, 6.07) is 7.58. The van der Waals surface area contributed by atoms with Gasteiger partial charge in [0.1, 0.15) is 17.1 Å². The van der Waals surface area contributed by atoms with Gasteiger partial charge in [0, 0.05) is 0 Å². The summed E-state index contributed by atoms with van der Waals surface area (Å²) in [6.07, 6.45) is 0. The molecule has 0 atom stereocenters. The molecule has 3 rings (SSSR count). The smallest absolute Gasteiger partial charge is 0.242 e. The van der Waals surface area contributed by atoms with E-state index in [4.69, 9.17) is 9.37 Å². The Morgan fingerprint density at radius 2 is 1.71 bits per heavy atom. The van der Waals surface area contributed by atoms with Gasteiger partial charge < -0.3 is 4.74 Å². The molecule has 0 aliphatic rings. The van der Waals surface area contributed by atoms with E-state index in [0.29, 0.717) is 29.6 Å². The van der Waals surface area contributed by atoms with Crippen molar-refractivity contribution in [2.45, 2.75) is 20.4 Å². The Morgan fingerprint density at radius 3 is 2.29 bits per heavy atom. The molecule has 0 spiro atoms. The van der Waals surface area contributed by atoms with Crippen LogP contribution in [0.2, 0.25) is 0 Å². The number of aromatic nitrogens is 4. The zero-order valence-corrected chi connectivity index (χ0v) is 13.4. The molecule has 0 unspecified atom stereocenters. The lowest BCUT2D eigenvalue weighted by Crippen LogP contribution is -2.16. The molecule has 0 amide bonds. The Bertz CT molecular complexity index is 825. The second-order valence-electron chi connectivity index (χ2n) is 4.94. The topological polar surface area (TPSA) is 115 Å². The molecule has 10 heteroatoms. The molecule has 0 fully saturated rings. The third-order valence-electron chi connectivity index (χ3n) is 3.24. The average molecular weight is 329 g/mol. The summed E-state index contributed by atoms with van der Waals surface area (Å²) in [6.45, 7) is 3.90. The second-order valence-corrected chi connectivity index (χ2v) is 4.94. The number of hydrogen-bond donors (Lipinski definition) is 0. The Labute approximate surface area is 137 Å². The average Bonchev–Trinajstić information content (AvgIpc) is 3.20. The van der Waals surface area contributed by atoms with Crippen molar-refractivity contribution in [2.75, 3.05) is 12.1 Å². The van der Waals surface area contributed by atoms with Gasteiger partial charge in [-0.2, -0.15) is 0 Å². The van der Waals surface area contributed by atoms with Crippen molar-refractivity contribution >= 4 is 11.6 Å². The first-order valence-electron chi connectivity index (χ1n) is 7.08. The molecule has 2 heterocycles. The maximum Gasteiger partial charge on any atom is 0.242 e. The zero-order valence-electron chi connectivity index (χ0n) is 13.4. The standard InChI is InChI=1S/C14H15N7O3/c1-9-13(18-23-16-9)15-20-21(14-10(2)17-24-19-14)8-11-4-6-12(22-3)7-5-11/h4-7H,8H2,1-3H3. The van der Waals surface area contributed by atoms with Crippen molar-refractivity contribution in [3.05, 3.63) is 41.2 Å².